The molecule has 0 fully saturated rings. The lowest BCUT2D eigenvalue weighted by atomic mass is 10.0. The Kier molecular flexibility index (Phi) is 55.3. The van der Waals surface area contributed by atoms with Crippen LogP contribution in [0.25, 0.3) is 0 Å². The van der Waals surface area contributed by atoms with E-state index in [1.54, 1.807) is 0 Å². The van der Waals surface area contributed by atoms with Crippen molar-refractivity contribution >= 4 is 17.9 Å². The first-order valence-electron chi connectivity index (χ1n) is 29.8. The van der Waals surface area contributed by atoms with E-state index in [2.05, 4.69) is 81.5 Å². The van der Waals surface area contributed by atoms with Gasteiger partial charge in [-0.05, 0) is 89.9 Å². The molecular weight excluding hydrogens is 853 g/mol. The summed E-state index contributed by atoms with van der Waals surface area (Å²) in [5, 5.41) is 0. The first kappa shape index (κ1) is 66.1. The highest BCUT2D eigenvalue weighted by Crippen LogP contribution is 2.16. The Morgan fingerprint density at radius 3 is 0.841 bits per heavy atom. The van der Waals surface area contributed by atoms with E-state index >= 15 is 0 Å². The van der Waals surface area contributed by atoms with E-state index in [-0.39, 0.29) is 31.1 Å². The summed E-state index contributed by atoms with van der Waals surface area (Å²) in [6, 6.07) is 0. The fourth-order valence-corrected chi connectivity index (χ4v) is 8.48. The fourth-order valence-electron chi connectivity index (χ4n) is 8.48. The highest BCUT2D eigenvalue weighted by molar-refractivity contribution is 5.71. The third kappa shape index (κ3) is 55.9. The molecule has 0 bridgehead atoms. The van der Waals surface area contributed by atoms with Crippen molar-refractivity contribution in [1.29, 1.82) is 0 Å². The van der Waals surface area contributed by atoms with Gasteiger partial charge in [-0.1, -0.05) is 255 Å². The molecule has 0 heterocycles. The maximum atomic E-state index is 12.9. The van der Waals surface area contributed by atoms with Crippen LogP contribution in [0.4, 0.5) is 0 Å². The first-order valence-corrected chi connectivity index (χ1v) is 29.8. The number of unbranched alkanes of at least 4 members (excludes halogenated alkanes) is 33. The van der Waals surface area contributed by atoms with E-state index in [1.807, 2.05) is 0 Å². The van der Waals surface area contributed by atoms with Crippen LogP contribution in [0.5, 0.6) is 0 Å². The summed E-state index contributed by atoms with van der Waals surface area (Å²) in [6.07, 6.45) is 72.0. The fraction of sp³-hybridized carbons (Fsp3) is 0.794. The Labute approximate surface area is 428 Å². The molecule has 0 unspecified atom stereocenters. The topological polar surface area (TPSA) is 78.9 Å². The predicted octanol–water partition coefficient (Wildman–Crippen LogP) is 20.0. The van der Waals surface area contributed by atoms with Crippen molar-refractivity contribution in [2.24, 2.45) is 0 Å². The standard InChI is InChI=1S/C63H112O6/c1-4-7-10-13-16-19-22-25-28-31-34-37-40-43-46-49-52-55-61(64)67-58-60(69-63(66)57-54-51-48-45-42-39-36-33-30-27-24-21-18-15-12-9-6-3)59-68-62(65)56-53-50-47-44-41-38-35-32-29-26-23-20-17-14-11-8-5-2/h16,18-19,21,25,27-28,30,34,37,60H,4-15,17,20,22-24,26,29,31-33,35-36,38-59H2,1-3H3/b19-16-,21-18-,28-25-,30-27-,37-34-/t60-/m1/s1. The molecule has 0 aliphatic carbocycles. The van der Waals surface area contributed by atoms with Crippen molar-refractivity contribution < 1.29 is 28.6 Å². The highest BCUT2D eigenvalue weighted by Gasteiger charge is 2.19. The average molecular weight is 966 g/mol. The van der Waals surface area contributed by atoms with Gasteiger partial charge in [-0.25, -0.2) is 0 Å². The summed E-state index contributed by atoms with van der Waals surface area (Å²) in [6.45, 7) is 6.60. The lowest BCUT2D eigenvalue weighted by Crippen LogP contribution is -2.30. The molecule has 0 N–H and O–H groups in total. The Balaban J connectivity index is 4.41. The molecule has 0 radical (unpaired) electrons. The van der Waals surface area contributed by atoms with Crippen LogP contribution in [-0.2, 0) is 28.6 Å². The molecule has 400 valence electrons. The zero-order valence-corrected chi connectivity index (χ0v) is 45.8. The summed E-state index contributed by atoms with van der Waals surface area (Å²) in [7, 11) is 0. The number of hydrogen-bond acceptors (Lipinski definition) is 6. The molecule has 0 saturated heterocycles. The lowest BCUT2D eigenvalue weighted by molar-refractivity contribution is -0.167. The van der Waals surface area contributed by atoms with E-state index in [1.165, 1.54) is 167 Å². The number of hydrogen-bond donors (Lipinski definition) is 0. The third-order valence-electron chi connectivity index (χ3n) is 13.0. The van der Waals surface area contributed by atoms with Gasteiger partial charge in [0.05, 0.1) is 0 Å². The number of rotatable bonds is 54. The van der Waals surface area contributed by atoms with Gasteiger partial charge < -0.3 is 14.2 Å². The second-order valence-corrected chi connectivity index (χ2v) is 19.9. The van der Waals surface area contributed by atoms with Gasteiger partial charge in [0.15, 0.2) is 6.10 Å². The number of carbonyl (C=O) groups is 3. The molecule has 0 aromatic heterocycles. The molecule has 69 heavy (non-hydrogen) atoms. The molecule has 0 rings (SSSR count). The summed E-state index contributed by atoms with van der Waals surface area (Å²) in [5.74, 6) is -0.898. The Hall–Kier alpha value is -2.89. The van der Waals surface area contributed by atoms with Gasteiger partial charge in [0.1, 0.15) is 13.2 Å². The molecule has 0 saturated carbocycles. The predicted molar refractivity (Wildman–Crippen MR) is 298 cm³/mol. The van der Waals surface area contributed by atoms with Crippen LogP contribution in [0.2, 0.25) is 0 Å². The number of esters is 3. The maximum Gasteiger partial charge on any atom is 0.306 e. The van der Waals surface area contributed by atoms with E-state index in [0.29, 0.717) is 19.3 Å². The SMILES string of the molecule is CCCCC/C=C\C/C=C\C/C=C\CCCCCCC(=O)OC[C@H](COC(=O)CCCCCCCCCCCCCCCCCCC)OC(=O)CCCCCCCCC/C=C\C/C=C\CCCCC. The van der Waals surface area contributed by atoms with Crippen molar-refractivity contribution in [1.82, 2.24) is 0 Å². The minimum absolute atomic E-state index is 0.0821. The molecule has 0 spiro atoms. The Bertz CT molecular complexity index is 1250. The molecule has 0 aromatic carbocycles. The molecule has 0 amide bonds. The van der Waals surface area contributed by atoms with E-state index < -0.39 is 6.10 Å². The van der Waals surface area contributed by atoms with Gasteiger partial charge in [0.2, 0.25) is 0 Å². The van der Waals surface area contributed by atoms with Crippen LogP contribution in [0, 0.1) is 0 Å². The minimum Gasteiger partial charge on any atom is -0.462 e. The Morgan fingerprint density at radius 1 is 0.290 bits per heavy atom. The normalized spacial score (nSPS) is 12.4. The van der Waals surface area contributed by atoms with Crippen LogP contribution in [0.3, 0.4) is 0 Å². The summed E-state index contributed by atoms with van der Waals surface area (Å²) in [4.78, 5) is 38.2. The minimum atomic E-state index is -0.787. The van der Waals surface area contributed by atoms with Gasteiger partial charge in [0.25, 0.3) is 0 Å². The summed E-state index contributed by atoms with van der Waals surface area (Å²) < 4.78 is 16.9. The first-order chi connectivity index (χ1) is 34.0. The van der Waals surface area contributed by atoms with Crippen molar-refractivity contribution in [2.75, 3.05) is 13.2 Å². The molecule has 0 aliphatic heterocycles. The van der Waals surface area contributed by atoms with Crippen molar-refractivity contribution in [3.63, 3.8) is 0 Å². The average Bonchev–Trinajstić information content (AvgIpc) is 3.35. The molecule has 1 atom stereocenters. The van der Waals surface area contributed by atoms with Crippen LogP contribution in [0.15, 0.2) is 60.8 Å². The van der Waals surface area contributed by atoms with Gasteiger partial charge in [0, 0.05) is 19.3 Å². The van der Waals surface area contributed by atoms with Crippen molar-refractivity contribution in [2.45, 2.75) is 309 Å². The Morgan fingerprint density at radius 2 is 0.522 bits per heavy atom. The maximum absolute atomic E-state index is 12.9. The van der Waals surface area contributed by atoms with Crippen LogP contribution in [-0.4, -0.2) is 37.2 Å². The summed E-state index contributed by atoms with van der Waals surface area (Å²) in [5.41, 5.74) is 0. The number of allylic oxidation sites excluding steroid dienone is 10. The van der Waals surface area contributed by atoms with Crippen LogP contribution in [0.1, 0.15) is 303 Å². The summed E-state index contributed by atoms with van der Waals surface area (Å²) >= 11 is 0. The second-order valence-electron chi connectivity index (χ2n) is 19.9. The molecule has 6 nitrogen and oxygen atoms in total. The van der Waals surface area contributed by atoms with Gasteiger partial charge >= 0.3 is 17.9 Å². The van der Waals surface area contributed by atoms with Crippen LogP contribution < -0.4 is 0 Å². The molecule has 0 aliphatic rings. The van der Waals surface area contributed by atoms with Crippen molar-refractivity contribution in [3.05, 3.63) is 60.8 Å². The lowest BCUT2D eigenvalue weighted by Gasteiger charge is -2.18. The van der Waals surface area contributed by atoms with E-state index in [4.69, 9.17) is 14.2 Å². The van der Waals surface area contributed by atoms with E-state index in [9.17, 15) is 14.4 Å². The van der Waals surface area contributed by atoms with Gasteiger partial charge in [-0.2, -0.15) is 0 Å². The monoisotopic (exact) mass is 965 g/mol. The second kappa shape index (κ2) is 57.7. The highest BCUT2D eigenvalue weighted by atomic mass is 16.6. The molecule has 6 heteroatoms. The molecular formula is C63H112O6. The zero-order valence-electron chi connectivity index (χ0n) is 45.8. The number of carbonyl (C=O) groups excluding carboxylic acids is 3. The van der Waals surface area contributed by atoms with Gasteiger partial charge in [-0.3, -0.25) is 14.4 Å². The molecule has 0 aromatic rings. The van der Waals surface area contributed by atoms with Crippen LogP contribution >= 0.6 is 0 Å². The smallest absolute Gasteiger partial charge is 0.306 e. The quantitative estimate of drug-likeness (QED) is 0.0262. The van der Waals surface area contributed by atoms with Crippen molar-refractivity contribution in [3.8, 4) is 0 Å². The third-order valence-corrected chi connectivity index (χ3v) is 13.0. The van der Waals surface area contributed by atoms with E-state index in [0.717, 1.165) is 96.3 Å². The zero-order chi connectivity index (χ0) is 50.0. The largest absolute Gasteiger partial charge is 0.462 e. The number of ether oxygens (including phenoxy) is 3. The van der Waals surface area contributed by atoms with Gasteiger partial charge in [-0.15, -0.1) is 0 Å².